The number of anilines is 4. The summed E-state index contributed by atoms with van der Waals surface area (Å²) in [5.41, 5.74) is 5.23. The summed E-state index contributed by atoms with van der Waals surface area (Å²) in [5, 5.41) is 25.7. The number of β-amino-alcohol motifs (C(OH)–C–C–N with tert-alkyl or cyclic N) is 1. The number of halogens is 1. The number of hydrogen-bond acceptors (Lipinski definition) is 9. The molecule has 1 atom stereocenters. The number of rotatable bonds is 6. The minimum absolute atomic E-state index is 0.0481. The van der Waals surface area contributed by atoms with E-state index in [-0.39, 0.29) is 23.2 Å². The summed E-state index contributed by atoms with van der Waals surface area (Å²) >= 11 is 5.96. The van der Waals surface area contributed by atoms with Gasteiger partial charge in [-0.2, -0.15) is 9.97 Å². The molecule has 1 aromatic heterocycles. The number of aliphatic hydroxyl groups excluding tert-OH is 1. The first kappa shape index (κ1) is 23.0. The van der Waals surface area contributed by atoms with E-state index >= 15 is 0 Å². The summed E-state index contributed by atoms with van der Waals surface area (Å²) in [6.07, 6.45) is 0.977. The van der Waals surface area contributed by atoms with E-state index in [2.05, 4.69) is 15.3 Å². The fourth-order valence-corrected chi connectivity index (χ4v) is 4.23. The van der Waals surface area contributed by atoms with Crippen LogP contribution in [0.25, 0.3) is 0 Å². The zero-order valence-electron chi connectivity index (χ0n) is 18.2. The molecule has 4 rings (SSSR count). The van der Waals surface area contributed by atoms with Gasteiger partial charge in [-0.15, -0.1) is 0 Å². The highest BCUT2D eigenvalue weighted by Gasteiger charge is 2.39. The summed E-state index contributed by atoms with van der Waals surface area (Å²) in [6.45, 7) is 3.47. The van der Waals surface area contributed by atoms with Crippen molar-refractivity contribution >= 4 is 46.5 Å². The molecule has 0 aliphatic carbocycles. The van der Waals surface area contributed by atoms with Gasteiger partial charge in [0.25, 0.3) is 0 Å². The maximum absolute atomic E-state index is 12.2. The number of carbonyl (C=O) groups excluding carboxylic acids is 1. The third-order valence-electron chi connectivity index (χ3n) is 6.35. The highest BCUT2D eigenvalue weighted by molar-refractivity contribution is 6.30. The van der Waals surface area contributed by atoms with E-state index in [1.165, 1.54) is 0 Å². The number of nitrogens with two attached hydrogens (primary N) is 1. The molecule has 3 heterocycles. The first-order chi connectivity index (χ1) is 15.7. The van der Waals surface area contributed by atoms with Crippen molar-refractivity contribution in [3.63, 3.8) is 0 Å². The van der Waals surface area contributed by atoms with E-state index in [0.717, 1.165) is 0 Å². The lowest BCUT2D eigenvalue weighted by molar-refractivity contribution is -0.383. The van der Waals surface area contributed by atoms with Crippen LogP contribution in [-0.2, 0) is 4.79 Å². The van der Waals surface area contributed by atoms with Crippen molar-refractivity contribution in [2.45, 2.75) is 32.3 Å². The lowest BCUT2D eigenvalue weighted by atomic mass is 9.80. The molecular formula is C21H26ClN7O4. The fourth-order valence-electron chi connectivity index (χ4n) is 4.10. The number of primary amides is 1. The van der Waals surface area contributed by atoms with Crippen molar-refractivity contribution < 1.29 is 14.8 Å². The van der Waals surface area contributed by atoms with Crippen LogP contribution in [0.5, 0.6) is 0 Å². The van der Waals surface area contributed by atoms with Crippen LogP contribution < -0.4 is 20.9 Å². The molecule has 2 saturated heterocycles. The predicted molar refractivity (Wildman–Crippen MR) is 125 cm³/mol. The molecule has 0 bridgehead atoms. The van der Waals surface area contributed by atoms with Crippen LogP contribution in [0.2, 0.25) is 5.02 Å². The minimum Gasteiger partial charge on any atom is -0.391 e. The SMILES string of the molecule is CC1(C(N)=O)CCN(c2nc(N3CC[C@@H](O)C3)nc(Nc3ccc(Cl)cc3)c2[N+](=O)[O-])CC1. The number of nitrogens with one attached hydrogen (secondary N) is 1. The number of benzene rings is 1. The Morgan fingerprint density at radius 2 is 1.91 bits per heavy atom. The fraction of sp³-hybridized carbons (Fsp3) is 0.476. The van der Waals surface area contributed by atoms with Crippen LogP contribution in [0.3, 0.4) is 0 Å². The van der Waals surface area contributed by atoms with Gasteiger partial charge in [0.15, 0.2) is 0 Å². The maximum Gasteiger partial charge on any atom is 0.353 e. The first-order valence-electron chi connectivity index (χ1n) is 10.7. The zero-order chi connectivity index (χ0) is 23.8. The summed E-state index contributed by atoms with van der Waals surface area (Å²) in [6, 6.07) is 6.74. The quantitative estimate of drug-likeness (QED) is 0.422. The molecule has 2 aliphatic rings. The number of amides is 1. The van der Waals surface area contributed by atoms with Crippen LogP contribution in [0.4, 0.5) is 29.0 Å². The molecule has 0 spiro atoms. The molecule has 1 aromatic carbocycles. The Balaban J connectivity index is 1.75. The molecule has 2 aliphatic heterocycles. The number of carbonyl (C=O) groups is 1. The second-order valence-corrected chi connectivity index (χ2v) is 9.17. The first-order valence-corrected chi connectivity index (χ1v) is 11.1. The standard InChI is InChI=1S/C21H26ClN7O4/c1-21(19(23)31)7-10-27(11-8-21)18-16(29(32)33)17(24-14-4-2-13(22)3-5-14)25-20(26-18)28-9-6-15(30)12-28/h2-5,15,30H,6-12H2,1H3,(H2,23,31)(H,24,25,26)/t15-/m1/s1. The maximum atomic E-state index is 12.2. The molecule has 11 nitrogen and oxygen atoms in total. The number of nitro groups is 1. The van der Waals surface area contributed by atoms with Gasteiger partial charge in [-0.25, -0.2) is 0 Å². The van der Waals surface area contributed by atoms with Crippen LogP contribution in [-0.4, -0.2) is 58.2 Å². The van der Waals surface area contributed by atoms with E-state index in [0.29, 0.717) is 62.1 Å². The van der Waals surface area contributed by atoms with Crippen molar-refractivity contribution in [2.75, 3.05) is 41.3 Å². The molecule has 12 heteroatoms. The molecule has 1 amide bonds. The van der Waals surface area contributed by atoms with Crippen molar-refractivity contribution in [2.24, 2.45) is 11.1 Å². The van der Waals surface area contributed by atoms with Crippen molar-refractivity contribution in [3.05, 3.63) is 39.4 Å². The summed E-state index contributed by atoms with van der Waals surface area (Å²) < 4.78 is 0. The topological polar surface area (TPSA) is 151 Å². The number of piperidine rings is 1. The highest BCUT2D eigenvalue weighted by Crippen LogP contribution is 2.40. The van der Waals surface area contributed by atoms with Crippen molar-refractivity contribution in [1.29, 1.82) is 0 Å². The van der Waals surface area contributed by atoms with E-state index in [1.54, 1.807) is 29.2 Å². The minimum atomic E-state index is -0.662. The summed E-state index contributed by atoms with van der Waals surface area (Å²) in [4.78, 5) is 36.1. The molecule has 0 saturated carbocycles. The Bertz CT molecular complexity index is 1060. The van der Waals surface area contributed by atoms with Gasteiger partial charge in [-0.3, -0.25) is 14.9 Å². The summed E-state index contributed by atoms with van der Waals surface area (Å²) in [5.74, 6) is 0.143. The van der Waals surface area contributed by atoms with Gasteiger partial charge in [0.2, 0.25) is 23.5 Å². The largest absolute Gasteiger partial charge is 0.391 e. The van der Waals surface area contributed by atoms with E-state index in [4.69, 9.17) is 17.3 Å². The van der Waals surface area contributed by atoms with E-state index in [9.17, 15) is 20.0 Å². The van der Waals surface area contributed by atoms with Gasteiger partial charge in [0.05, 0.1) is 11.0 Å². The average Bonchev–Trinajstić information content (AvgIpc) is 3.21. The summed E-state index contributed by atoms with van der Waals surface area (Å²) in [7, 11) is 0. The number of hydrogen-bond donors (Lipinski definition) is 3. The lowest BCUT2D eigenvalue weighted by Gasteiger charge is -2.37. The Morgan fingerprint density at radius 1 is 1.24 bits per heavy atom. The van der Waals surface area contributed by atoms with Gasteiger partial charge in [-0.05, 0) is 43.5 Å². The van der Waals surface area contributed by atoms with Crippen molar-refractivity contribution in [1.82, 2.24) is 9.97 Å². The van der Waals surface area contributed by atoms with Gasteiger partial charge < -0.3 is 26.0 Å². The molecule has 0 radical (unpaired) electrons. The second-order valence-electron chi connectivity index (χ2n) is 8.73. The third kappa shape index (κ3) is 4.79. The molecule has 176 valence electrons. The Morgan fingerprint density at radius 3 is 2.45 bits per heavy atom. The Kier molecular flexibility index (Phi) is 6.26. The average molecular weight is 476 g/mol. The van der Waals surface area contributed by atoms with Gasteiger partial charge in [-0.1, -0.05) is 18.5 Å². The molecule has 33 heavy (non-hydrogen) atoms. The molecule has 0 unspecified atom stereocenters. The van der Waals surface area contributed by atoms with Gasteiger partial charge in [0, 0.05) is 42.3 Å². The monoisotopic (exact) mass is 475 g/mol. The lowest BCUT2D eigenvalue weighted by Crippen LogP contribution is -2.46. The number of aliphatic hydroxyl groups is 1. The van der Waals surface area contributed by atoms with Crippen LogP contribution in [0.15, 0.2) is 24.3 Å². The Hall–Kier alpha value is -3.18. The molecule has 2 fully saturated rings. The second kappa shape index (κ2) is 8.99. The molecule has 4 N–H and O–H groups in total. The van der Waals surface area contributed by atoms with Crippen LogP contribution in [0, 0.1) is 15.5 Å². The normalized spacial score (nSPS) is 20.0. The van der Waals surface area contributed by atoms with Crippen LogP contribution in [0.1, 0.15) is 26.2 Å². The zero-order valence-corrected chi connectivity index (χ0v) is 19.0. The van der Waals surface area contributed by atoms with E-state index < -0.39 is 16.4 Å². The predicted octanol–water partition coefficient (Wildman–Crippen LogP) is 2.44. The van der Waals surface area contributed by atoms with Crippen molar-refractivity contribution in [3.8, 4) is 0 Å². The smallest absolute Gasteiger partial charge is 0.353 e. The van der Waals surface area contributed by atoms with E-state index in [1.807, 2.05) is 11.8 Å². The number of nitrogens with zero attached hydrogens (tertiary/aromatic N) is 5. The van der Waals surface area contributed by atoms with Crippen LogP contribution >= 0.6 is 11.6 Å². The van der Waals surface area contributed by atoms with Gasteiger partial charge in [0.1, 0.15) is 0 Å². The van der Waals surface area contributed by atoms with Gasteiger partial charge >= 0.3 is 5.69 Å². The Labute approximate surface area is 195 Å². The third-order valence-corrected chi connectivity index (χ3v) is 6.60. The highest BCUT2D eigenvalue weighted by atomic mass is 35.5. The molecule has 2 aromatic rings. The number of aromatic nitrogens is 2. The molecular weight excluding hydrogens is 450 g/mol.